The third kappa shape index (κ3) is 60.4. The average molecular weight is 1030 g/mol. The monoisotopic (exact) mass is 1020 g/mol. The van der Waals surface area contributed by atoms with Crippen LogP contribution in [0.15, 0.2) is 36.5 Å². The zero-order valence-electron chi connectivity index (χ0n) is 49.2. The quantitative estimate of drug-likeness (QED) is 0.0261. The largest absolute Gasteiger partial charge is 0.462 e. The second-order valence-corrected chi connectivity index (χ2v) is 22.0. The zero-order valence-corrected chi connectivity index (χ0v) is 49.2. The summed E-state index contributed by atoms with van der Waals surface area (Å²) in [7, 11) is 0. The molecule has 0 spiro atoms. The van der Waals surface area contributed by atoms with Crippen LogP contribution in [0.5, 0.6) is 0 Å². The molecule has 0 amide bonds. The number of hydrogen-bond donors (Lipinski definition) is 0. The van der Waals surface area contributed by atoms with Gasteiger partial charge in [-0.2, -0.15) is 0 Å². The lowest BCUT2D eigenvalue weighted by Crippen LogP contribution is -2.30. The first-order chi connectivity index (χ1) is 36.0. The van der Waals surface area contributed by atoms with Crippen LogP contribution >= 0.6 is 0 Å². The minimum atomic E-state index is -0.781. The molecule has 6 heteroatoms. The summed E-state index contributed by atoms with van der Waals surface area (Å²) < 4.78 is 16.9. The molecule has 428 valence electrons. The Labute approximate surface area is 455 Å². The molecule has 0 N–H and O–H groups in total. The van der Waals surface area contributed by atoms with Crippen molar-refractivity contribution in [1.29, 1.82) is 0 Å². The maximum atomic E-state index is 12.9. The molecular formula is C67H124O6. The lowest BCUT2D eigenvalue weighted by atomic mass is 10.0. The SMILES string of the molecule is CCCCC/C=C\C/C=C\C/C=C\CCCCCCC(=O)OC(COC(=O)CCCCCCCCCCCCCCCCCCCCC)COC(=O)CCCCCCCCCCCCCCCCCCCCC. The number of unbranched alkanes of at least 4 members (excludes halogenated alkanes) is 43. The summed E-state index contributed by atoms with van der Waals surface area (Å²) in [6.45, 7) is 6.66. The van der Waals surface area contributed by atoms with Gasteiger partial charge in [0.05, 0.1) is 0 Å². The van der Waals surface area contributed by atoms with Crippen molar-refractivity contribution in [3.63, 3.8) is 0 Å². The van der Waals surface area contributed by atoms with Crippen molar-refractivity contribution in [2.24, 2.45) is 0 Å². The van der Waals surface area contributed by atoms with Crippen LogP contribution in [0, 0.1) is 0 Å². The minimum absolute atomic E-state index is 0.0759. The van der Waals surface area contributed by atoms with Gasteiger partial charge in [-0.05, 0) is 57.8 Å². The molecule has 0 atom stereocenters. The third-order valence-corrected chi connectivity index (χ3v) is 14.6. The summed E-state index contributed by atoms with van der Waals surface area (Å²) in [5.41, 5.74) is 0. The molecule has 0 rings (SSSR count). The van der Waals surface area contributed by atoms with E-state index in [4.69, 9.17) is 14.2 Å². The van der Waals surface area contributed by atoms with E-state index in [1.165, 1.54) is 231 Å². The summed E-state index contributed by atoms with van der Waals surface area (Å²) in [5, 5.41) is 0. The highest BCUT2D eigenvalue weighted by atomic mass is 16.6. The number of rotatable bonds is 60. The summed E-state index contributed by atoms with van der Waals surface area (Å²) in [5.74, 6) is -0.871. The number of allylic oxidation sites excluding steroid dienone is 6. The topological polar surface area (TPSA) is 78.9 Å². The Morgan fingerprint density at radius 3 is 0.795 bits per heavy atom. The number of carbonyl (C=O) groups excluding carboxylic acids is 3. The van der Waals surface area contributed by atoms with Crippen molar-refractivity contribution < 1.29 is 28.6 Å². The molecule has 0 aliphatic rings. The molecule has 0 radical (unpaired) electrons. The Hall–Kier alpha value is -2.37. The number of carbonyl (C=O) groups is 3. The zero-order chi connectivity index (χ0) is 52.9. The highest BCUT2D eigenvalue weighted by molar-refractivity contribution is 5.71. The molecular weight excluding hydrogens is 901 g/mol. The molecule has 73 heavy (non-hydrogen) atoms. The number of hydrogen-bond acceptors (Lipinski definition) is 6. The van der Waals surface area contributed by atoms with E-state index in [0.29, 0.717) is 19.3 Å². The van der Waals surface area contributed by atoms with Gasteiger partial charge in [0.1, 0.15) is 13.2 Å². The van der Waals surface area contributed by atoms with Gasteiger partial charge in [-0.1, -0.05) is 314 Å². The van der Waals surface area contributed by atoms with Crippen molar-refractivity contribution >= 4 is 17.9 Å². The Morgan fingerprint density at radius 2 is 0.493 bits per heavy atom. The van der Waals surface area contributed by atoms with Crippen LogP contribution in [-0.2, 0) is 28.6 Å². The fraction of sp³-hybridized carbons (Fsp3) is 0.866. The van der Waals surface area contributed by atoms with E-state index in [1.54, 1.807) is 0 Å². The molecule has 6 nitrogen and oxygen atoms in total. The summed E-state index contributed by atoms with van der Waals surface area (Å²) in [6, 6.07) is 0. The lowest BCUT2D eigenvalue weighted by Gasteiger charge is -2.18. The van der Waals surface area contributed by atoms with Crippen LogP contribution < -0.4 is 0 Å². The molecule has 0 heterocycles. The van der Waals surface area contributed by atoms with Gasteiger partial charge < -0.3 is 14.2 Å². The number of esters is 3. The van der Waals surface area contributed by atoms with E-state index < -0.39 is 6.10 Å². The van der Waals surface area contributed by atoms with Gasteiger partial charge in [0.25, 0.3) is 0 Å². The first-order valence-electron chi connectivity index (χ1n) is 32.5. The molecule has 0 aliphatic carbocycles. The predicted molar refractivity (Wildman–Crippen MR) is 316 cm³/mol. The van der Waals surface area contributed by atoms with Gasteiger partial charge in [0.15, 0.2) is 6.10 Å². The summed E-state index contributed by atoms with van der Waals surface area (Å²) in [6.07, 6.45) is 75.8. The second-order valence-electron chi connectivity index (χ2n) is 22.0. The smallest absolute Gasteiger partial charge is 0.306 e. The Kier molecular flexibility index (Phi) is 60.2. The fourth-order valence-electron chi connectivity index (χ4n) is 9.75. The van der Waals surface area contributed by atoms with Crippen LogP contribution in [0.4, 0.5) is 0 Å². The van der Waals surface area contributed by atoms with E-state index in [2.05, 4.69) is 57.2 Å². The van der Waals surface area contributed by atoms with Crippen molar-refractivity contribution in [3.05, 3.63) is 36.5 Å². The van der Waals surface area contributed by atoms with E-state index in [1.807, 2.05) is 0 Å². The van der Waals surface area contributed by atoms with E-state index >= 15 is 0 Å². The van der Waals surface area contributed by atoms with Crippen LogP contribution in [-0.4, -0.2) is 37.2 Å². The van der Waals surface area contributed by atoms with Crippen molar-refractivity contribution in [2.45, 2.75) is 361 Å². The Bertz CT molecular complexity index is 1160. The summed E-state index contributed by atoms with van der Waals surface area (Å²) in [4.78, 5) is 38.3. The molecule has 0 aromatic carbocycles. The molecule has 0 saturated carbocycles. The Morgan fingerprint density at radius 1 is 0.274 bits per heavy atom. The molecule has 0 saturated heterocycles. The molecule has 0 aromatic heterocycles. The first-order valence-corrected chi connectivity index (χ1v) is 32.5. The number of ether oxygens (including phenoxy) is 3. The maximum Gasteiger partial charge on any atom is 0.306 e. The average Bonchev–Trinajstić information content (AvgIpc) is 3.39. The third-order valence-electron chi connectivity index (χ3n) is 14.6. The van der Waals surface area contributed by atoms with Crippen LogP contribution in [0.25, 0.3) is 0 Å². The van der Waals surface area contributed by atoms with Gasteiger partial charge in [-0.3, -0.25) is 14.4 Å². The van der Waals surface area contributed by atoms with E-state index in [-0.39, 0.29) is 31.1 Å². The standard InChI is InChI=1S/C67H124O6/c1-4-7-10-13-16-19-22-25-28-31-33-36-38-41-44-47-50-53-56-59-65(68)71-62-64(73-67(70)61-58-55-52-49-46-43-40-35-30-27-24-21-18-15-12-9-6-3)63-72-66(69)60-57-54-51-48-45-42-39-37-34-32-29-26-23-20-17-14-11-8-5-2/h18,21,27,30,40,43,64H,4-17,19-20,22-26,28-29,31-39,41-42,44-63H2,1-3H3/b21-18-,30-27-,43-40-. The maximum absolute atomic E-state index is 12.9. The normalized spacial score (nSPS) is 11.8. The van der Waals surface area contributed by atoms with Crippen LogP contribution in [0.1, 0.15) is 355 Å². The molecule has 0 aromatic rings. The fourth-order valence-corrected chi connectivity index (χ4v) is 9.75. The van der Waals surface area contributed by atoms with Crippen molar-refractivity contribution in [3.8, 4) is 0 Å². The van der Waals surface area contributed by atoms with Gasteiger partial charge in [-0.25, -0.2) is 0 Å². The highest BCUT2D eigenvalue weighted by Crippen LogP contribution is 2.18. The van der Waals surface area contributed by atoms with Gasteiger partial charge in [0.2, 0.25) is 0 Å². The minimum Gasteiger partial charge on any atom is -0.462 e. The van der Waals surface area contributed by atoms with E-state index in [9.17, 15) is 14.4 Å². The Balaban J connectivity index is 4.34. The van der Waals surface area contributed by atoms with Crippen LogP contribution in [0.3, 0.4) is 0 Å². The predicted octanol–water partition coefficient (Wildman–Crippen LogP) is 22.0. The van der Waals surface area contributed by atoms with Gasteiger partial charge >= 0.3 is 17.9 Å². The van der Waals surface area contributed by atoms with Crippen molar-refractivity contribution in [2.75, 3.05) is 13.2 Å². The van der Waals surface area contributed by atoms with Gasteiger partial charge in [0, 0.05) is 19.3 Å². The lowest BCUT2D eigenvalue weighted by molar-refractivity contribution is -0.167. The molecule has 0 bridgehead atoms. The second kappa shape index (κ2) is 62.2. The van der Waals surface area contributed by atoms with Crippen LogP contribution in [0.2, 0.25) is 0 Å². The molecule has 0 fully saturated rings. The van der Waals surface area contributed by atoms with Crippen molar-refractivity contribution in [1.82, 2.24) is 0 Å². The summed E-state index contributed by atoms with van der Waals surface area (Å²) >= 11 is 0. The molecule has 0 unspecified atom stereocenters. The first kappa shape index (κ1) is 70.6. The highest BCUT2D eigenvalue weighted by Gasteiger charge is 2.19. The van der Waals surface area contributed by atoms with E-state index in [0.717, 1.165) is 83.5 Å². The molecule has 0 aliphatic heterocycles. The van der Waals surface area contributed by atoms with Gasteiger partial charge in [-0.15, -0.1) is 0 Å².